The molecule has 3 aliphatic rings. The van der Waals surface area contributed by atoms with E-state index in [2.05, 4.69) is 35.0 Å². The molecule has 0 bridgehead atoms. The Morgan fingerprint density at radius 2 is 2.00 bits per heavy atom. The standard InChI is InChI=1S/C26H34N4O4.ClH/c1-17-3-5-28-22(11-17)20-15-30-6-4-18-12-25(34-16-26(31)29-7-9-33-10-8-29)24(32-2)13-19(18)23(30)14-21(20)27;/h3,5,11-13,20-21,23H,4,6-10,14-16,27H2,1-2H3;1H/t20-,21-,23-;/m0./s1. The van der Waals surface area contributed by atoms with Gasteiger partial charge in [-0.2, -0.15) is 0 Å². The van der Waals surface area contributed by atoms with Gasteiger partial charge in [0.2, 0.25) is 0 Å². The molecule has 2 N–H and O–H groups in total. The molecule has 2 saturated heterocycles. The Morgan fingerprint density at radius 3 is 2.74 bits per heavy atom. The second-order valence-electron chi connectivity index (χ2n) is 9.51. The summed E-state index contributed by atoms with van der Waals surface area (Å²) in [6, 6.07) is 8.61. The molecule has 1 aromatic heterocycles. The fourth-order valence-electron chi connectivity index (χ4n) is 5.46. The van der Waals surface area contributed by atoms with E-state index in [4.69, 9.17) is 19.9 Å². The van der Waals surface area contributed by atoms with Crippen LogP contribution in [0.3, 0.4) is 0 Å². The maximum atomic E-state index is 12.5. The van der Waals surface area contributed by atoms with Crippen LogP contribution < -0.4 is 15.2 Å². The van der Waals surface area contributed by atoms with E-state index in [1.54, 1.807) is 12.0 Å². The van der Waals surface area contributed by atoms with Crippen molar-refractivity contribution in [3.8, 4) is 11.5 Å². The van der Waals surface area contributed by atoms with E-state index in [0.29, 0.717) is 37.8 Å². The first-order valence-corrected chi connectivity index (χ1v) is 12.1. The lowest BCUT2D eigenvalue weighted by Gasteiger charge is -2.46. The molecule has 35 heavy (non-hydrogen) atoms. The molecule has 8 nitrogen and oxygen atoms in total. The zero-order chi connectivity index (χ0) is 23.7. The summed E-state index contributed by atoms with van der Waals surface area (Å²) in [4.78, 5) is 21.5. The molecule has 0 saturated carbocycles. The van der Waals surface area contributed by atoms with Crippen LogP contribution in [0.25, 0.3) is 0 Å². The van der Waals surface area contributed by atoms with E-state index < -0.39 is 0 Å². The molecule has 3 aliphatic heterocycles. The third kappa shape index (κ3) is 5.40. The number of carbonyl (C=O) groups is 1. The lowest BCUT2D eigenvalue weighted by Crippen LogP contribution is -2.50. The minimum atomic E-state index is -0.0247. The van der Waals surface area contributed by atoms with Gasteiger partial charge in [0, 0.05) is 56.1 Å². The molecule has 0 aliphatic carbocycles. The normalized spacial score (nSPS) is 24.1. The largest absolute Gasteiger partial charge is 0.493 e. The predicted octanol–water partition coefficient (Wildman–Crippen LogP) is 2.47. The average molecular weight is 503 g/mol. The highest BCUT2D eigenvalue weighted by Gasteiger charge is 2.39. The third-order valence-corrected chi connectivity index (χ3v) is 7.37. The summed E-state index contributed by atoms with van der Waals surface area (Å²) < 4.78 is 16.9. The predicted molar refractivity (Wildman–Crippen MR) is 135 cm³/mol. The number of benzene rings is 1. The van der Waals surface area contributed by atoms with E-state index in [1.165, 1.54) is 16.7 Å². The lowest BCUT2D eigenvalue weighted by atomic mass is 9.79. The molecule has 3 atom stereocenters. The van der Waals surface area contributed by atoms with Crippen molar-refractivity contribution in [2.24, 2.45) is 5.73 Å². The van der Waals surface area contributed by atoms with Gasteiger partial charge in [-0.1, -0.05) is 0 Å². The van der Waals surface area contributed by atoms with Crippen LogP contribution in [0.1, 0.15) is 40.8 Å². The molecule has 0 unspecified atom stereocenters. The summed E-state index contributed by atoms with van der Waals surface area (Å²) in [6.45, 7) is 6.34. The van der Waals surface area contributed by atoms with E-state index in [0.717, 1.165) is 31.6 Å². The minimum absolute atomic E-state index is 0. The molecular weight excluding hydrogens is 468 g/mol. The van der Waals surface area contributed by atoms with Gasteiger partial charge in [0.25, 0.3) is 5.91 Å². The Labute approximate surface area is 213 Å². The highest BCUT2D eigenvalue weighted by atomic mass is 35.5. The number of rotatable bonds is 5. The van der Waals surface area contributed by atoms with E-state index in [9.17, 15) is 4.79 Å². The average Bonchev–Trinajstić information content (AvgIpc) is 2.86. The molecule has 1 aromatic carbocycles. The number of ether oxygens (including phenoxy) is 3. The van der Waals surface area contributed by atoms with E-state index in [1.807, 2.05) is 12.3 Å². The molecular formula is C26H35ClN4O4. The zero-order valence-corrected chi connectivity index (χ0v) is 21.3. The number of methoxy groups -OCH3 is 1. The number of halogens is 1. The summed E-state index contributed by atoms with van der Waals surface area (Å²) >= 11 is 0. The first kappa shape index (κ1) is 25.7. The second-order valence-corrected chi connectivity index (χ2v) is 9.51. The fraction of sp³-hybridized carbons (Fsp3) is 0.538. The lowest BCUT2D eigenvalue weighted by molar-refractivity contribution is -0.137. The number of morpholine rings is 1. The summed E-state index contributed by atoms with van der Waals surface area (Å²) in [5.41, 5.74) is 11.5. The van der Waals surface area contributed by atoms with Gasteiger partial charge in [-0.15, -0.1) is 12.4 Å². The van der Waals surface area contributed by atoms with Gasteiger partial charge in [-0.3, -0.25) is 14.7 Å². The van der Waals surface area contributed by atoms with Gasteiger partial charge in [0.1, 0.15) is 0 Å². The van der Waals surface area contributed by atoms with Crippen molar-refractivity contribution in [3.63, 3.8) is 0 Å². The monoisotopic (exact) mass is 502 g/mol. The number of amides is 1. The van der Waals surface area contributed by atoms with Crippen molar-refractivity contribution in [3.05, 3.63) is 52.8 Å². The van der Waals surface area contributed by atoms with Gasteiger partial charge in [-0.25, -0.2) is 0 Å². The fourth-order valence-corrected chi connectivity index (χ4v) is 5.46. The zero-order valence-electron chi connectivity index (χ0n) is 20.4. The van der Waals surface area contributed by atoms with Crippen molar-refractivity contribution in [2.45, 2.75) is 37.8 Å². The number of nitrogens with two attached hydrogens (primary N) is 1. The summed E-state index contributed by atoms with van der Waals surface area (Å²) in [7, 11) is 1.64. The van der Waals surface area contributed by atoms with Crippen LogP contribution in [0.5, 0.6) is 11.5 Å². The van der Waals surface area contributed by atoms with Crippen LogP contribution in [0, 0.1) is 6.92 Å². The summed E-state index contributed by atoms with van der Waals surface area (Å²) in [5, 5.41) is 0. The quantitative estimate of drug-likeness (QED) is 0.671. The maximum Gasteiger partial charge on any atom is 0.260 e. The smallest absolute Gasteiger partial charge is 0.260 e. The molecule has 0 radical (unpaired) electrons. The number of piperidine rings is 1. The van der Waals surface area contributed by atoms with Crippen molar-refractivity contribution in [2.75, 3.05) is 53.1 Å². The van der Waals surface area contributed by atoms with Crippen molar-refractivity contribution < 1.29 is 19.0 Å². The van der Waals surface area contributed by atoms with Crippen LogP contribution in [-0.4, -0.2) is 79.8 Å². The molecule has 2 fully saturated rings. The highest BCUT2D eigenvalue weighted by molar-refractivity contribution is 5.85. The topological polar surface area (TPSA) is 90.1 Å². The van der Waals surface area contributed by atoms with Gasteiger partial charge < -0.3 is 24.8 Å². The number of pyridine rings is 1. The molecule has 5 rings (SSSR count). The SMILES string of the molecule is COc1cc2c(cc1OCC(=O)N1CCOCC1)CCN1C[C@H](c3cc(C)ccn3)[C@@H](N)C[C@@H]21.Cl. The molecule has 9 heteroatoms. The van der Waals surface area contributed by atoms with E-state index >= 15 is 0 Å². The van der Waals surface area contributed by atoms with Gasteiger partial charge >= 0.3 is 0 Å². The second kappa shape index (κ2) is 11.1. The van der Waals surface area contributed by atoms with Gasteiger partial charge in [0.15, 0.2) is 18.1 Å². The third-order valence-electron chi connectivity index (χ3n) is 7.37. The van der Waals surface area contributed by atoms with Crippen LogP contribution in [0.15, 0.2) is 30.5 Å². The molecule has 4 heterocycles. The van der Waals surface area contributed by atoms with Gasteiger partial charge in [0.05, 0.1) is 20.3 Å². The first-order valence-electron chi connectivity index (χ1n) is 12.1. The van der Waals surface area contributed by atoms with Crippen molar-refractivity contribution in [1.82, 2.24) is 14.8 Å². The summed E-state index contributed by atoms with van der Waals surface area (Å²) in [5.74, 6) is 1.49. The number of carbonyl (C=O) groups excluding carboxylic acids is 1. The Balaban J connectivity index is 0.00000289. The first-order chi connectivity index (χ1) is 16.5. The van der Waals surface area contributed by atoms with Crippen LogP contribution >= 0.6 is 12.4 Å². The van der Waals surface area contributed by atoms with Crippen LogP contribution in [0.2, 0.25) is 0 Å². The molecule has 190 valence electrons. The van der Waals surface area contributed by atoms with Crippen LogP contribution in [-0.2, 0) is 16.0 Å². The number of aromatic nitrogens is 1. The number of hydrogen-bond acceptors (Lipinski definition) is 7. The maximum absolute atomic E-state index is 12.5. The van der Waals surface area contributed by atoms with Crippen LogP contribution in [0.4, 0.5) is 0 Å². The highest BCUT2D eigenvalue weighted by Crippen LogP contribution is 2.44. The number of nitrogens with zero attached hydrogens (tertiary/aromatic N) is 3. The number of fused-ring (bicyclic) bond motifs is 3. The number of hydrogen-bond donors (Lipinski definition) is 1. The number of aryl methyl sites for hydroxylation is 1. The summed E-state index contributed by atoms with van der Waals surface area (Å²) in [6.07, 6.45) is 3.67. The molecule has 0 spiro atoms. The van der Waals surface area contributed by atoms with Gasteiger partial charge in [-0.05, 0) is 60.7 Å². The van der Waals surface area contributed by atoms with Crippen molar-refractivity contribution >= 4 is 18.3 Å². The Kier molecular flexibility index (Phi) is 8.16. The Hall–Kier alpha value is -2.39. The molecule has 2 aromatic rings. The van der Waals surface area contributed by atoms with Crippen molar-refractivity contribution in [1.29, 1.82) is 0 Å². The Morgan fingerprint density at radius 1 is 1.20 bits per heavy atom. The van der Waals surface area contributed by atoms with E-state index in [-0.39, 0.29) is 42.9 Å². The minimum Gasteiger partial charge on any atom is -0.493 e. The Bertz CT molecular complexity index is 1050. The molecule has 1 amide bonds.